The number of phenols is 1. The lowest BCUT2D eigenvalue weighted by molar-refractivity contribution is 0.0280. The Hall–Kier alpha value is -2.34. The van der Waals surface area contributed by atoms with E-state index in [2.05, 4.69) is 0 Å². The average molecular weight is 304 g/mol. The fraction of sp³-hybridized carbons (Fsp3) is 0.375. The second-order valence-electron chi connectivity index (χ2n) is 5.92. The van der Waals surface area contributed by atoms with Gasteiger partial charge in [-0.25, -0.2) is 4.79 Å². The van der Waals surface area contributed by atoms with E-state index in [1.807, 2.05) is 13.8 Å². The predicted molar refractivity (Wildman–Crippen MR) is 76.5 cm³/mol. The summed E-state index contributed by atoms with van der Waals surface area (Å²) >= 11 is 0. The molecule has 1 aliphatic heterocycles. The van der Waals surface area contributed by atoms with Crippen LogP contribution in [0.5, 0.6) is 5.75 Å². The summed E-state index contributed by atoms with van der Waals surface area (Å²) < 4.78 is 10.3. The van der Waals surface area contributed by atoms with Gasteiger partial charge >= 0.3 is 5.97 Å². The Kier molecular flexibility index (Phi) is 2.87. The van der Waals surface area contributed by atoms with Gasteiger partial charge in [0.1, 0.15) is 11.3 Å². The van der Waals surface area contributed by atoms with E-state index in [9.17, 15) is 19.8 Å². The molecule has 3 rings (SSSR count). The first-order valence-corrected chi connectivity index (χ1v) is 6.90. The minimum Gasteiger partial charge on any atom is -0.507 e. The van der Waals surface area contributed by atoms with Crippen LogP contribution in [0.15, 0.2) is 11.8 Å². The van der Waals surface area contributed by atoms with Crippen molar-refractivity contribution in [2.24, 2.45) is 0 Å². The zero-order valence-corrected chi connectivity index (χ0v) is 12.7. The summed E-state index contributed by atoms with van der Waals surface area (Å²) in [5, 5.41) is 20.7. The van der Waals surface area contributed by atoms with Crippen molar-refractivity contribution in [1.82, 2.24) is 0 Å². The summed E-state index contributed by atoms with van der Waals surface area (Å²) in [5.74, 6) is -1.80. The minimum atomic E-state index is -1.93. The van der Waals surface area contributed by atoms with E-state index in [1.165, 1.54) is 20.1 Å². The number of esters is 1. The van der Waals surface area contributed by atoms with Crippen LogP contribution < -0.4 is 0 Å². The molecule has 1 atom stereocenters. The molecule has 0 fully saturated rings. The standard InChI is InChI=1S/C16H16O6/c1-6(2)7-5-8(17)10-11-9(7)13(18)16(3,20)14(21-4)12(11)22-15(10)19/h5-6,17,20H,1-4H3/t16-/m0/s1. The van der Waals surface area contributed by atoms with E-state index < -0.39 is 17.4 Å². The fourth-order valence-electron chi connectivity index (χ4n) is 3.04. The third kappa shape index (κ3) is 1.58. The van der Waals surface area contributed by atoms with Gasteiger partial charge in [0.25, 0.3) is 0 Å². The highest BCUT2D eigenvalue weighted by Gasteiger charge is 2.51. The molecule has 0 amide bonds. The van der Waals surface area contributed by atoms with Gasteiger partial charge < -0.3 is 19.7 Å². The highest BCUT2D eigenvalue weighted by atomic mass is 16.6. The molecule has 0 spiro atoms. The van der Waals surface area contributed by atoms with Gasteiger partial charge in [0, 0.05) is 5.56 Å². The summed E-state index contributed by atoms with van der Waals surface area (Å²) in [6.07, 6.45) is 0. The van der Waals surface area contributed by atoms with Crippen molar-refractivity contribution >= 4 is 17.5 Å². The second-order valence-corrected chi connectivity index (χ2v) is 5.92. The van der Waals surface area contributed by atoms with Gasteiger partial charge in [-0.2, -0.15) is 0 Å². The van der Waals surface area contributed by atoms with Crippen molar-refractivity contribution in [3.8, 4) is 5.75 Å². The number of benzene rings is 1. The van der Waals surface area contributed by atoms with E-state index >= 15 is 0 Å². The van der Waals surface area contributed by atoms with Gasteiger partial charge in [-0.15, -0.1) is 0 Å². The molecule has 2 N–H and O–H groups in total. The van der Waals surface area contributed by atoms with Crippen LogP contribution >= 0.6 is 0 Å². The molecular formula is C16H16O6. The van der Waals surface area contributed by atoms with Crippen LogP contribution in [-0.4, -0.2) is 34.7 Å². The number of aromatic hydroxyl groups is 1. The Morgan fingerprint density at radius 3 is 2.41 bits per heavy atom. The molecule has 22 heavy (non-hydrogen) atoms. The van der Waals surface area contributed by atoms with Crippen LogP contribution in [0.25, 0.3) is 5.76 Å². The monoisotopic (exact) mass is 304 g/mol. The quantitative estimate of drug-likeness (QED) is 0.811. The Morgan fingerprint density at radius 1 is 1.23 bits per heavy atom. The van der Waals surface area contributed by atoms with Crippen LogP contribution in [0.1, 0.15) is 58.5 Å². The minimum absolute atomic E-state index is 0.0000926. The summed E-state index contributed by atoms with van der Waals surface area (Å²) in [6, 6.07) is 1.38. The molecule has 6 heteroatoms. The molecular weight excluding hydrogens is 288 g/mol. The maximum atomic E-state index is 12.8. The summed E-state index contributed by atoms with van der Waals surface area (Å²) in [4.78, 5) is 24.8. The Labute approximate surface area is 127 Å². The summed E-state index contributed by atoms with van der Waals surface area (Å²) in [5.41, 5.74) is -1.03. The number of methoxy groups -OCH3 is 1. The number of hydrogen-bond donors (Lipinski definition) is 2. The van der Waals surface area contributed by atoms with Crippen LogP contribution in [0.3, 0.4) is 0 Å². The van der Waals surface area contributed by atoms with Crippen molar-refractivity contribution in [2.75, 3.05) is 7.11 Å². The van der Waals surface area contributed by atoms with Gasteiger partial charge in [-0.3, -0.25) is 4.79 Å². The molecule has 0 aromatic heterocycles. The molecule has 0 bridgehead atoms. The van der Waals surface area contributed by atoms with E-state index in [0.29, 0.717) is 5.56 Å². The number of ketones is 1. The third-order valence-corrected chi connectivity index (χ3v) is 4.11. The van der Waals surface area contributed by atoms with Crippen molar-refractivity contribution < 1.29 is 29.3 Å². The number of ether oxygens (including phenoxy) is 2. The van der Waals surface area contributed by atoms with Crippen molar-refractivity contribution in [1.29, 1.82) is 0 Å². The fourth-order valence-corrected chi connectivity index (χ4v) is 3.04. The van der Waals surface area contributed by atoms with Crippen molar-refractivity contribution in [2.45, 2.75) is 32.3 Å². The van der Waals surface area contributed by atoms with E-state index in [-0.39, 0.29) is 39.9 Å². The number of phenolic OH excluding ortho intramolecular Hbond substituents is 1. The van der Waals surface area contributed by atoms with Crippen LogP contribution in [0.4, 0.5) is 0 Å². The molecule has 0 unspecified atom stereocenters. The average Bonchev–Trinajstić information content (AvgIpc) is 2.75. The topological polar surface area (TPSA) is 93.1 Å². The Balaban J connectivity index is 2.51. The van der Waals surface area contributed by atoms with Gasteiger partial charge in [0.15, 0.2) is 17.1 Å². The van der Waals surface area contributed by atoms with E-state index in [4.69, 9.17) is 9.47 Å². The molecule has 1 aliphatic carbocycles. The number of Topliss-reactive ketones (excluding diaryl/α,β-unsaturated/α-hetero) is 1. The van der Waals surface area contributed by atoms with Crippen LogP contribution in [0, 0.1) is 0 Å². The molecule has 0 saturated carbocycles. The number of aliphatic hydroxyl groups is 1. The van der Waals surface area contributed by atoms with Gasteiger partial charge in [-0.1, -0.05) is 13.8 Å². The van der Waals surface area contributed by atoms with Crippen LogP contribution in [0.2, 0.25) is 0 Å². The third-order valence-electron chi connectivity index (χ3n) is 4.11. The first-order valence-electron chi connectivity index (χ1n) is 6.90. The van der Waals surface area contributed by atoms with Gasteiger partial charge in [0.05, 0.1) is 12.7 Å². The molecule has 1 heterocycles. The number of rotatable bonds is 2. The predicted octanol–water partition coefficient (Wildman–Crippen LogP) is 1.95. The maximum absolute atomic E-state index is 12.8. The smallest absolute Gasteiger partial charge is 0.348 e. The van der Waals surface area contributed by atoms with Crippen molar-refractivity contribution in [3.05, 3.63) is 34.1 Å². The lowest BCUT2D eigenvalue weighted by atomic mass is 9.77. The Bertz CT molecular complexity index is 754. The zero-order valence-electron chi connectivity index (χ0n) is 12.7. The Morgan fingerprint density at radius 2 is 1.86 bits per heavy atom. The number of carbonyl (C=O) groups excluding carboxylic acids is 2. The van der Waals surface area contributed by atoms with Crippen molar-refractivity contribution in [3.63, 3.8) is 0 Å². The van der Waals surface area contributed by atoms with E-state index in [1.54, 1.807) is 0 Å². The first-order chi connectivity index (χ1) is 10.2. The second kappa shape index (κ2) is 4.33. The normalized spacial score (nSPS) is 23.0. The first kappa shape index (κ1) is 14.6. The number of hydrogen-bond acceptors (Lipinski definition) is 6. The lowest BCUT2D eigenvalue weighted by Crippen LogP contribution is -2.42. The maximum Gasteiger partial charge on any atom is 0.348 e. The SMILES string of the molecule is COC1=C2OC(=O)c3c(O)cc(C(C)C)c(c32)C(=O)[C@]1(C)O. The molecule has 2 aliphatic rings. The number of carbonyl (C=O) groups is 2. The molecule has 1 aromatic carbocycles. The molecule has 1 aromatic rings. The molecule has 0 radical (unpaired) electrons. The van der Waals surface area contributed by atoms with Gasteiger partial charge in [-0.05, 0) is 24.5 Å². The highest BCUT2D eigenvalue weighted by molar-refractivity contribution is 6.18. The highest BCUT2D eigenvalue weighted by Crippen LogP contribution is 2.48. The zero-order chi connectivity index (χ0) is 16.4. The summed E-state index contributed by atoms with van der Waals surface area (Å²) in [7, 11) is 1.28. The van der Waals surface area contributed by atoms with Gasteiger partial charge in [0.2, 0.25) is 5.78 Å². The molecule has 0 saturated heterocycles. The lowest BCUT2D eigenvalue weighted by Gasteiger charge is -2.31. The molecule has 116 valence electrons. The van der Waals surface area contributed by atoms with E-state index in [0.717, 1.165) is 0 Å². The van der Waals surface area contributed by atoms with Crippen LogP contribution in [-0.2, 0) is 9.47 Å². The molecule has 6 nitrogen and oxygen atoms in total. The largest absolute Gasteiger partial charge is 0.507 e. The summed E-state index contributed by atoms with van der Waals surface area (Å²) in [6.45, 7) is 5.01.